The van der Waals surface area contributed by atoms with Crippen LogP contribution in [0, 0.1) is 11.7 Å². The first-order valence-electron chi connectivity index (χ1n) is 14.2. The van der Waals surface area contributed by atoms with Gasteiger partial charge in [0.25, 0.3) is 0 Å². The predicted molar refractivity (Wildman–Crippen MR) is 159 cm³/mol. The highest BCUT2D eigenvalue weighted by atomic mass is 35.5. The maximum absolute atomic E-state index is 15.0. The second-order valence-electron chi connectivity index (χ2n) is 10.7. The van der Waals surface area contributed by atoms with Crippen molar-refractivity contribution in [2.24, 2.45) is 5.92 Å². The van der Waals surface area contributed by atoms with Crippen LogP contribution in [0.2, 0.25) is 5.02 Å². The fourth-order valence-corrected chi connectivity index (χ4v) is 5.71. The number of nitrogens with one attached hydrogen (secondary N) is 2. The number of hydrogen-bond donors (Lipinski definition) is 2. The number of pyridine rings is 1. The van der Waals surface area contributed by atoms with Gasteiger partial charge in [0.15, 0.2) is 5.82 Å². The minimum atomic E-state index is -3.22. The summed E-state index contributed by atoms with van der Waals surface area (Å²) in [6.45, 7) is -1.34. The topological polar surface area (TPSA) is 119 Å². The van der Waals surface area contributed by atoms with E-state index in [0.717, 1.165) is 12.1 Å². The molecule has 2 aliphatic heterocycles. The van der Waals surface area contributed by atoms with Crippen LogP contribution >= 0.6 is 11.6 Å². The molecule has 3 unspecified atom stereocenters. The van der Waals surface area contributed by atoms with E-state index in [1.54, 1.807) is 43.5 Å². The molecule has 0 spiro atoms. The highest BCUT2D eigenvalue weighted by molar-refractivity contribution is 6.30. The number of hydrogen-bond acceptors (Lipinski definition) is 7. The van der Waals surface area contributed by atoms with Crippen molar-refractivity contribution in [3.05, 3.63) is 70.8 Å². The van der Waals surface area contributed by atoms with E-state index in [4.69, 9.17) is 16.3 Å². The molecule has 0 saturated carbocycles. The van der Waals surface area contributed by atoms with E-state index in [9.17, 15) is 23.2 Å². The molecule has 0 aliphatic carbocycles. The highest BCUT2D eigenvalue weighted by Gasteiger charge is 2.37. The summed E-state index contributed by atoms with van der Waals surface area (Å²) < 4.78 is 55.9. The van der Waals surface area contributed by atoms with Crippen LogP contribution in [0.3, 0.4) is 0 Å². The Hall–Kier alpha value is -4.52. The van der Waals surface area contributed by atoms with E-state index in [0.29, 0.717) is 47.5 Å². The fraction of sp³-hybridized carbons (Fsp3) is 0.355. The van der Waals surface area contributed by atoms with Gasteiger partial charge < -0.3 is 19.5 Å². The number of carbonyl (C=O) groups is 3. The van der Waals surface area contributed by atoms with Crippen LogP contribution in [-0.4, -0.2) is 48.2 Å². The molecule has 2 N–H and O–H groups in total. The monoisotopic (exact) mass is 646 g/mol. The van der Waals surface area contributed by atoms with Crippen molar-refractivity contribution >= 4 is 41.1 Å². The molecule has 3 atom stereocenters. The SMILES string of the molecule is COC(=O)Nc1ccc2c(c1)NC(=O)C(C)CCCC(N1CCC(c3c(OC(F)F)ccc(Cl)c3F)OC1=O)c1cc-2ccn1. The summed E-state index contributed by atoms with van der Waals surface area (Å²) in [5.41, 5.74) is 2.42. The Labute approximate surface area is 261 Å². The first kappa shape index (κ1) is 31.9. The third-order valence-corrected chi connectivity index (χ3v) is 8.11. The summed E-state index contributed by atoms with van der Waals surface area (Å²) in [6, 6.07) is 10.2. The van der Waals surface area contributed by atoms with Crippen molar-refractivity contribution in [1.82, 2.24) is 9.88 Å². The molecule has 2 bridgehead atoms. The summed E-state index contributed by atoms with van der Waals surface area (Å²) in [4.78, 5) is 44.4. The number of fused-ring (bicyclic) bond motifs is 4. The van der Waals surface area contributed by atoms with Gasteiger partial charge in [0.2, 0.25) is 5.91 Å². The zero-order valence-corrected chi connectivity index (χ0v) is 25.1. The maximum Gasteiger partial charge on any atom is 0.411 e. The minimum Gasteiger partial charge on any atom is -0.453 e. The van der Waals surface area contributed by atoms with E-state index in [1.807, 2.05) is 0 Å². The normalized spacial score (nSPS) is 20.2. The summed E-state index contributed by atoms with van der Waals surface area (Å²) >= 11 is 5.92. The number of nitrogens with zero attached hydrogens (tertiary/aromatic N) is 2. The van der Waals surface area contributed by atoms with Crippen LogP contribution in [0.1, 0.15) is 56.0 Å². The number of halogens is 4. The van der Waals surface area contributed by atoms with Gasteiger partial charge in [-0.2, -0.15) is 8.78 Å². The molecule has 10 nitrogen and oxygen atoms in total. The molecule has 5 rings (SSSR count). The zero-order valence-electron chi connectivity index (χ0n) is 24.3. The number of alkyl halides is 2. The summed E-state index contributed by atoms with van der Waals surface area (Å²) in [6.07, 6.45) is 0.465. The molecule has 14 heteroatoms. The van der Waals surface area contributed by atoms with Gasteiger partial charge in [-0.15, -0.1) is 0 Å². The number of cyclic esters (lactones) is 1. The van der Waals surface area contributed by atoms with Crippen LogP contribution in [-0.2, 0) is 14.3 Å². The Morgan fingerprint density at radius 2 is 1.96 bits per heavy atom. The van der Waals surface area contributed by atoms with Crippen LogP contribution < -0.4 is 15.4 Å². The molecular formula is C31H30ClF3N4O6. The molecule has 1 saturated heterocycles. The molecule has 1 fully saturated rings. The second-order valence-corrected chi connectivity index (χ2v) is 11.1. The van der Waals surface area contributed by atoms with Gasteiger partial charge in [0.05, 0.1) is 35.1 Å². The molecule has 3 amide bonds. The standard InChI is InChI=1S/C31H30ClF3N4O6/c1-16-4-3-5-23(39-13-11-25(45-31(39)42)26-24(44-29(34)35)9-8-20(32)27(26)33)22-14-17(10-12-36-22)19-7-6-18(37-30(41)43-2)15-21(19)38-28(16)40/h6-10,12,14-16,23,25,29H,3-5,11,13H2,1-2H3,(H,37,41)(H,38,40). The van der Waals surface area contributed by atoms with Crippen LogP contribution in [0.5, 0.6) is 5.75 Å². The molecule has 3 aromatic rings. The van der Waals surface area contributed by atoms with E-state index in [1.165, 1.54) is 12.0 Å². The maximum atomic E-state index is 15.0. The molecule has 3 heterocycles. The summed E-state index contributed by atoms with van der Waals surface area (Å²) in [5.74, 6) is -2.08. The molecule has 238 valence electrons. The fourth-order valence-electron chi connectivity index (χ4n) is 5.54. The van der Waals surface area contributed by atoms with Gasteiger partial charge in [-0.25, -0.2) is 14.0 Å². The van der Waals surface area contributed by atoms with Crippen molar-refractivity contribution in [2.75, 3.05) is 24.3 Å². The van der Waals surface area contributed by atoms with Crippen molar-refractivity contribution < 1.29 is 41.8 Å². The Balaban J connectivity index is 1.47. The average molecular weight is 647 g/mol. The van der Waals surface area contributed by atoms with Gasteiger partial charge in [-0.1, -0.05) is 31.0 Å². The lowest BCUT2D eigenvalue weighted by Gasteiger charge is -2.37. The van der Waals surface area contributed by atoms with E-state index >= 15 is 4.39 Å². The van der Waals surface area contributed by atoms with Gasteiger partial charge in [0, 0.05) is 36.3 Å². The van der Waals surface area contributed by atoms with Crippen LogP contribution in [0.15, 0.2) is 48.7 Å². The Morgan fingerprint density at radius 3 is 2.69 bits per heavy atom. The third-order valence-electron chi connectivity index (χ3n) is 7.82. The van der Waals surface area contributed by atoms with Gasteiger partial charge >= 0.3 is 18.8 Å². The number of benzene rings is 2. The van der Waals surface area contributed by atoms with E-state index < -0.39 is 48.4 Å². The number of rotatable bonds is 5. The molecule has 2 aromatic carbocycles. The molecule has 1 aromatic heterocycles. The van der Waals surface area contributed by atoms with Crippen LogP contribution in [0.25, 0.3) is 11.1 Å². The Kier molecular flexibility index (Phi) is 9.66. The minimum absolute atomic E-state index is 0.0659. The molecule has 2 aliphatic rings. The number of amides is 3. The van der Waals surface area contributed by atoms with Crippen molar-refractivity contribution in [3.63, 3.8) is 0 Å². The lowest BCUT2D eigenvalue weighted by molar-refractivity contribution is -0.119. The lowest BCUT2D eigenvalue weighted by atomic mass is 9.94. The number of ether oxygens (including phenoxy) is 3. The predicted octanol–water partition coefficient (Wildman–Crippen LogP) is 7.70. The first-order chi connectivity index (χ1) is 21.5. The quantitative estimate of drug-likeness (QED) is 0.291. The Morgan fingerprint density at radius 1 is 1.16 bits per heavy atom. The smallest absolute Gasteiger partial charge is 0.411 e. The van der Waals surface area contributed by atoms with Crippen LogP contribution in [0.4, 0.5) is 34.1 Å². The van der Waals surface area contributed by atoms with Crippen molar-refractivity contribution in [1.29, 1.82) is 0 Å². The van der Waals surface area contributed by atoms with Gasteiger partial charge in [-0.3, -0.25) is 20.0 Å². The molecule has 45 heavy (non-hydrogen) atoms. The molecular weight excluding hydrogens is 617 g/mol. The van der Waals surface area contributed by atoms with Crippen molar-refractivity contribution in [3.8, 4) is 16.9 Å². The lowest BCUT2D eigenvalue weighted by Crippen LogP contribution is -2.42. The number of carbonyl (C=O) groups excluding carboxylic acids is 3. The van der Waals surface area contributed by atoms with Crippen molar-refractivity contribution in [2.45, 2.75) is 51.4 Å². The average Bonchev–Trinajstić information content (AvgIpc) is 3.01. The van der Waals surface area contributed by atoms with E-state index in [-0.39, 0.29) is 29.5 Å². The van der Waals surface area contributed by atoms with Gasteiger partial charge in [0.1, 0.15) is 11.9 Å². The second kappa shape index (κ2) is 13.6. The largest absolute Gasteiger partial charge is 0.453 e. The zero-order chi connectivity index (χ0) is 32.2. The third kappa shape index (κ3) is 7.08. The summed E-state index contributed by atoms with van der Waals surface area (Å²) in [5, 5.41) is 5.23. The highest BCUT2D eigenvalue weighted by Crippen LogP contribution is 2.41. The summed E-state index contributed by atoms with van der Waals surface area (Å²) in [7, 11) is 1.24. The van der Waals surface area contributed by atoms with E-state index in [2.05, 4.69) is 25.1 Å². The van der Waals surface area contributed by atoms with Gasteiger partial charge in [-0.05, 0) is 54.8 Å². The Bertz CT molecular complexity index is 1610. The number of methoxy groups -OCH3 is 1. The number of anilines is 2. The number of aromatic nitrogens is 1. The first-order valence-corrected chi connectivity index (χ1v) is 14.6. The molecule has 0 radical (unpaired) electrons.